The van der Waals surface area contributed by atoms with E-state index in [0.717, 1.165) is 62.3 Å². The first-order valence-electron chi connectivity index (χ1n) is 11.9. The summed E-state index contributed by atoms with van der Waals surface area (Å²) in [5.41, 5.74) is 2.69. The van der Waals surface area contributed by atoms with Gasteiger partial charge in [-0.2, -0.15) is 0 Å². The molecule has 0 bridgehead atoms. The zero-order chi connectivity index (χ0) is 22.4. The fourth-order valence-corrected chi connectivity index (χ4v) is 5.06. The van der Waals surface area contributed by atoms with Crippen molar-refractivity contribution in [1.82, 2.24) is 24.8 Å². The molecule has 7 nitrogen and oxygen atoms in total. The van der Waals surface area contributed by atoms with Gasteiger partial charge in [0.25, 0.3) is 5.91 Å². The Morgan fingerprint density at radius 3 is 2.45 bits per heavy atom. The highest BCUT2D eigenvalue weighted by Gasteiger charge is 2.53. The fourth-order valence-electron chi connectivity index (χ4n) is 5.06. The average Bonchev–Trinajstić information content (AvgIpc) is 3.81. The number of amides is 1. The van der Waals surface area contributed by atoms with Crippen LogP contribution in [-0.4, -0.2) is 49.9 Å². The molecule has 1 spiro atoms. The highest BCUT2D eigenvalue weighted by atomic mass is 16.2. The van der Waals surface area contributed by atoms with Crippen molar-refractivity contribution in [3.63, 3.8) is 0 Å². The molecule has 3 aliphatic rings. The number of piperidine rings is 1. The van der Waals surface area contributed by atoms with E-state index in [2.05, 4.69) is 32.0 Å². The average molecular weight is 441 g/mol. The molecule has 33 heavy (non-hydrogen) atoms. The monoisotopic (exact) mass is 440 g/mol. The van der Waals surface area contributed by atoms with E-state index in [-0.39, 0.29) is 11.4 Å². The van der Waals surface area contributed by atoms with Gasteiger partial charge in [-0.3, -0.25) is 4.79 Å². The summed E-state index contributed by atoms with van der Waals surface area (Å²) >= 11 is 0. The Balaban J connectivity index is 1.18. The number of carbonyl (C=O) groups is 1. The zero-order valence-electron chi connectivity index (χ0n) is 18.9. The van der Waals surface area contributed by atoms with Crippen LogP contribution in [0.5, 0.6) is 0 Å². The summed E-state index contributed by atoms with van der Waals surface area (Å²) in [5, 5.41) is 0. The molecule has 2 saturated carbocycles. The van der Waals surface area contributed by atoms with Crippen molar-refractivity contribution in [2.45, 2.75) is 55.9 Å². The van der Waals surface area contributed by atoms with Gasteiger partial charge in [-0.15, -0.1) is 0 Å². The van der Waals surface area contributed by atoms with Crippen molar-refractivity contribution in [1.29, 1.82) is 0 Å². The molecule has 1 aromatic carbocycles. The third-order valence-electron chi connectivity index (χ3n) is 7.36. The number of nitrogens with zero attached hydrogens (tertiary/aromatic N) is 6. The van der Waals surface area contributed by atoms with Crippen LogP contribution < -0.4 is 4.90 Å². The molecule has 1 unspecified atom stereocenters. The van der Waals surface area contributed by atoms with Crippen LogP contribution in [0.2, 0.25) is 0 Å². The van der Waals surface area contributed by atoms with Crippen LogP contribution in [0.25, 0.3) is 0 Å². The maximum atomic E-state index is 13.3. The van der Waals surface area contributed by atoms with Gasteiger partial charge < -0.3 is 9.80 Å². The highest BCUT2D eigenvalue weighted by Crippen LogP contribution is 2.52. The normalized spacial score (nSPS) is 21.1. The Labute approximate surface area is 193 Å². The van der Waals surface area contributed by atoms with Crippen LogP contribution in [0.1, 0.15) is 72.2 Å². The van der Waals surface area contributed by atoms with Crippen molar-refractivity contribution in [2.75, 3.05) is 18.5 Å². The van der Waals surface area contributed by atoms with E-state index < -0.39 is 0 Å². The van der Waals surface area contributed by atoms with E-state index in [0.29, 0.717) is 23.3 Å². The molecule has 7 heteroatoms. The quantitative estimate of drug-likeness (QED) is 0.583. The first kappa shape index (κ1) is 20.3. The first-order valence-corrected chi connectivity index (χ1v) is 11.9. The summed E-state index contributed by atoms with van der Waals surface area (Å²) in [6.07, 6.45) is 11.6. The molecule has 3 aromatic rings. The SMILES string of the molecule is CN(c1ccccc1)c1nccc(C2CCN(C(=O)c3cnc(C4CC4)nc3)C3(CC3)C2)n1. The Kier molecular flexibility index (Phi) is 4.85. The second-order valence-electron chi connectivity index (χ2n) is 9.65. The zero-order valence-corrected chi connectivity index (χ0v) is 18.9. The highest BCUT2D eigenvalue weighted by molar-refractivity contribution is 5.94. The number of aromatic nitrogens is 4. The number of anilines is 2. The molecular weight excluding hydrogens is 412 g/mol. The Hall–Kier alpha value is -3.35. The molecule has 1 aliphatic heterocycles. The Bertz CT molecular complexity index is 1160. The van der Waals surface area contributed by atoms with E-state index in [1.807, 2.05) is 42.4 Å². The molecule has 6 rings (SSSR count). The van der Waals surface area contributed by atoms with Crippen LogP contribution in [0.15, 0.2) is 55.0 Å². The Morgan fingerprint density at radius 1 is 1.00 bits per heavy atom. The second kappa shape index (κ2) is 7.90. The van der Waals surface area contributed by atoms with Crippen LogP contribution in [0.3, 0.4) is 0 Å². The molecule has 2 aliphatic carbocycles. The minimum absolute atomic E-state index is 0.0500. The molecule has 2 aromatic heterocycles. The number of carbonyl (C=O) groups excluding carboxylic acids is 1. The largest absolute Gasteiger partial charge is 0.333 e. The van der Waals surface area contributed by atoms with Crippen LogP contribution >= 0.6 is 0 Å². The fraction of sp³-hybridized carbons (Fsp3) is 0.423. The number of rotatable bonds is 5. The van der Waals surface area contributed by atoms with Gasteiger partial charge in [0.05, 0.1) is 5.56 Å². The summed E-state index contributed by atoms with van der Waals surface area (Å²) in [4.78, 5) is 35.7. The van der Waals surface area contributed by atoms with Gasteiger partial charge in [0, 0.05) is 60.9 Å². The number of hydrogen-bond donors (Lipinski definition) is 0. The maximum Gasteiger partial charge on any atom is 0.257 e. The van der Waals surface area contributed by atoms with E-state index in [1.54, 1.807) is 12.4 Å². The number of benzene rings is 1. The van der Waals surface area contributed by atoms with Gasteiger partial charge in [-0.25, -0.2) is 19.9 Å². The summed E-state index contributed by atoms with van der Waals surface area (Å²) in [6.45, 7) is 0.738. The van der Waals surface area contributed by atoms with Gasteiger partial charge in [-0.1, -0.05) is 18.2 Å². The van der Waals surface area contributed by atoms with Crippen molar-refractivity contribution in [3.05, 3.63) is 72.1 Å². The molecule has 3 fully saturated rings. The molecule has 0 radical (unpaired) electrons. The van der Waals surface area contributed by atoms with Crippen LogP contribution in [0, 0.1) is 0 Å². The lowest BCUT2D eigenvalue weighted by Crippen LogP contribution is -2.47. The minimum Gasteiger partial charge on any atom is -0.333 e. The second-order valence-corrected chi connectivity index (χ2v) is 9.65. The van der Waals surface area contributed by atoms with Crippen molar-refractivity contribution < 1.29 is 4.79 Å². The molecule has 1 saturated heterocycles. The first-order chi connectivity index (χ1) is 16.1. The van der Waals surface area contributed by atoms with Crippen molar-refractivity contribution >= 4 is 17.5 Å². The van der Waals surface area contributed by atoms with E-state index in [9.17, 15) is 4.79 Å². The van der Waals surface area contributed by atoms with E-state index >= 15 is 0 Å². The molecule has 1 amide bonds. The number of hydrogen-bond acceptors (Lipinski definition) is 6. The van der Waals surface area contributed by atoms with Gasteiger partial charge >= 0.3 is 0 Å². The van der Waals surface area contributed by atoms with E-state index in [4.69, 9.17) is 4.98 Å². The van der Waals surface area contributed by atoms with Crippen molar-refractivity contribution in [2.24, 2.45) is 0 Å². The smallest absolute Gasteiger partial charge is 0.257 e. The van der Waals surface area contributed by atoms with E-state index in [1.165, 1.54) is 0 Å². The van der Waals surface area contributed by atoms with Crippen LogP contribution in [0.4, 0.5) is 11.6 Å². The lowest BCUT2D eigenvalue weighted by Gasteiger charge is -2.40. The predicted octanol–water partition coefficient (Wildman–Crippen LogP) is 4.46. The third-order valence-corrected chi connectivity index (χ3v) is 7.36. The summed E-state index contributed by atoms with van der Waals surface area (Å²) < 4.78 is 0. The molecule has 1 atom stereocenters. The molecule has 3 heterocycles. The molecule has 168 valence electrons. The molecular formula is C26H28N6O. The maximum absolute atomic E-state index is 13.3. The van der Waals surface area contributed by atoms with Crippen molar-refractivity contribution in [3.8, 4) is 0 Å². The number of likely N-dealkylation sites (tertiary alicyclic amines) is 1. The lowest BCUT2D eigenvalue weighted by atomic mass is 9.86. The summed E-state index contributed by atoms with van der Waals surface area (Å²) in [6, 6.07) is 12.2. The summed E-state index contributed by atoms with van der Waals surface area (Å²) in [7, 11) is 1.99. The molecule has 0 N–H and O–H groups in total. The summed E-state index contributed by atoms with van der Waals surface area (Å²) in [5.74, 6) is 2.48. The number of para-hydroxylation sites is 1. The van der Waals surface area contributed by atoms with Gasteiger partial charge in [0.15, 0.2) is 0 Å². The topological polar surface area (TPSA) is 75.1 Å². The van der Waals surface area contributed by atoms with Gasteiger partial charge in [-0.05, 0) is 56.7 Å². The minimum atomic E-state index is -0.0500. The van der Waals surface area contributed by atoms with Crippen LogP contribution in [-0.2, 0) is 0 Å². The Morgan fingerprint density at radius 2 is 1.76 bits per heavy atom. The van der Waals surface area contributed by atoms with Gasteiger partial charge in [0.2, 0.25) is 5.95 Å². The third kappa shape index (κ3) is 3.86. The lowest BCUT2D eigenvalue weighted by molar-refractivity contribution is 0.0544. The van der Waals surface area contributed by atoms with Gasteiger partial charge in [0.1, 0.15) is 5.82 Å². The predicted molar refractivity (Wildman–Crippen MR) is 126 cm³/mol. The standard InChI is InChI=1S/C26H28N6O/c1-31(21-5-3-2-4-6-21)25-27-13-9-22(30-25)19-10-14-32(26(15-19)11-12-26)24(33)20-16-28-23(29-17-20)18-7-8-18/h2-6,9,13,16-19H,7-8,10-12,14-15H2,1H3.